The second-order valence-electron chi connectivity index (χ2n) is 5.66. The summed E-state index contributed by atoms with van der Waals surface area (Å²) in [6.45, 7) is 9.90. The molecule has 0 saturated carbocycles. The van der Waals surface area contributed by atoms with Crippen molar-refractivity contribution in [3.63, 3.8) is 0 Å². The lowest BCUT2D eigenvalue weighted by molar-refractivity contribution is 0.242. The molecule has 0 saturated heterocycles. The summed E-state index contributed by atoms with van der Waals surface area (Å²) in [7, 11) is 2.08. The van der Waals surface area contributed by atoms with Crippen molar-refractivity contribution >= 4 is 11.6 Å². The van der Waals surface area contributed by atoms with Gasteiger partial charge in [-0.1, -0.05) is 0 Å². The minimum atomic E-state index is 0.174. The Labute approximate surface area is 128 Å². The normalized spacial score (nSPS) is 12.3. The van der Waals surface area contributed by atoms with Crippen LogP contribution in [-0.4, -0.2) is 43.1 Å². The zero-order valence-electron chi connectivity index (χ0n) is 13.8. The first-order valence-corrected chi connectivity index (χ1v) is 7.42. The van der Waals surface area contributed by atoms with E-state index in [0.717, 1.165) is 18.0 Å². The van der Waals surface area contributed by atoms with Crippen molar-refractivity contribution in [2.24, 2.45) is 10.7 Å². The van der Waals surface area contributed by atoms with Crippen LogP contribution in [0.1, 0.15) is 27.7 Å². The van der Waals surface area contributed by atoms with Crippen LogP contribution in [0.3, 0.4) is 0 Å². The highest BCUT2D eigenvalue weighted by atomic mass is 16.5. The molecule has 1 rings (SSSR count). The van der Waals surface area contributed by atoms with Crippen LogP contribution in [0.15, 0.2) is 29.3 Å². The van der Waals surface area contributed by atoms with Crippen LogP contribution in [-0.2, 0) is 0 Å². The quantitative estimate of drug-likeness (QED) is 0.599. The van der Waals surface area contributed by atoms with Crippen molar-refractivity contribution in [1.82, 2.24) is 4.90 Å². The summed E-state index contributed by atoms with van der Waals surface area (Å²) in [5, 5.41) is 3.08. The molecule has 21 heavy (non-hydrogen) atoms. The molecule has 1 aromatic carbocycles. The summed E-state index contributed by atoms with van der Waals surface area (Å²) >= 11 is 0. The maximum Gasteiger partial charge on any atom is 0.193 e. The highest BCUT2D eigenvalue weighted by molar-refractivity contribution is 5.92. The first-order valence-electron chi connectivity index (χ1n) is 7.42. The Morgan fingerprint density at radius 1 is 1.24 bits per heavy atom. The van der Waals surface area contributed by atoms with Gasteiger partial charge < -0.3 is 20.7 Å². The van der Waals surface area contributed by atoms with Crippen molar-refractivity contribution in [2.75, 3.05) is 25.5 Å². The lowest BCUT2D eigenvalue weighted by Crippen LogP contribution is -2.30. The summed E-state index contributed by atoms with van der Waals surface area (Å²) in [6.07, 6.45) is 0.174. The summed E-state index contributed by atoms with van der Waals surface area (Å²) in [5.74, 6) is 1.29. The molecule has 0 aliphatic heterocycles. The molecule has 0 unspecified atom stereocenters. The molecule has 0 fully saturated rings. The first-order chi connectivity index (χ1) is 9.88. The zero-order valence-corrected chi connectivity index (χ0v) is 13.8. The van der Waals surface area contributed by atoms with Crippen LogP contribution in [0.2, 0.25) is 0 Å². The van der Waals surface area contributed by atoms with E-state index in [0.29, 0.717) is 18.5 Å². The first kappa shape index (κ1) is 17.3. The zero-order chi connectivity index (χ0) is 15.8. The third-order valence-corrected chi connectivity index (χ3v) is 3.11. The van der Waals surface area contributed by atoms with Crippen LogP contribution < -0.4 is 15.8 Å². The minimum absolute atomic E-state index is 0.174. The molecule has 0 aliphatic carbocycles. The Kier molecular flexibility index (Phi) is 7.02. The summed E-state index contributed by atoms with van der Waals surface area (Å²) < 4.78 is 5.59. The van der Waals surface area contributed by atoms with Gasteiger partial charge in [-0.15, -0.1) is 0 Å². The molecule has 5 nitrogen and oxygen atoms in total. The number of hydrogen-bond acceptors (Lipinski definition) is 3. The smallest absolute Gasteiger partial charge is 0.193 e. The second kappa shape index (κ2) is 8.52. The fraction of sp³-hybridized carbons (Fsp3) is 0.562. The van der Waals surface area contributed by atoms with E-state index < -0.39 is 0 Å². The molecule has 0 atom stereocenters. The van der Waals surface area contributed by atoms with Gasteiger partial charge in [-0.25, -0.2) is 0 Å². The minimum Gasteiger partial charge on any atom is -0.491 e. The Morgan fingerprint density at radius 2 is 1.86 bits per heavy atom. The van der Waals surface area contributed by atoms with Gasteiger partial charge >= 0.3 is 0 Å². The maximum atomic E-state index is 5.88. The molecule has 3 N–H and O–H groups in total. The molecular weight excluding hydrogens is 264 g/mol. The number of benzene rings is 1. The predicted octanol–water partition coefficient (Wildman–Crippen LogP) is 2.54. The van der Waals surface area contributed by atoms with Crippen molar-refractivity contribution in [1.29, 1.82) is 0 Å². The Hall–Kier alpha value is -1.75. The largest absolute Gasteiger partial charge is 0.491 e. The van der Waals surface area contributed by atoms with Gasteiger partial charge in [0.05, 0.1) is 12.6 Å². The Balaban J connectivity index is 2.45. The molecule has 0 aromatic heterocycles. The maximum absolute atomic E-state index is 5.88. The van der Waals surface area contributed by atoms with E-state index in [1.54, 1.807) is 0 Å². The van der Waals surface area contributed by atoms with Gasteiger partial charge in [0, 0.05) is 18.3 Å². The van der Waals surface area contributed by atoms with Gasteiger partial charge in [0.15, 0.2) is 5.96 Å². The summed E-state index contributed by atoms with van der Waals surface area (Å²) in [5.41, 5.74) is 6.78. The SMILES string of the molecule is CC(C)Oc1ccc(NC(N)=NCCN(C)C(C)C)cc1. The van der Waals surface area contributed by atoms with Crippen LogP contribution in [0.25, 0.3) is 0 Å². The van der Waals surface area contributed by atoms with E-state index in [4.69, 9.17) is 10.5 Å². The van der Waals surface area contributed by atoms with E-state index in [-0.39, 0.29) is 6.10 Å². The lowest BCUT2D eigenvalue weighted by Gasteiger charge is -2.19. The number of ether oxygens (including phenoxy) is 1. The third kappa shape index (κ3) is 6.99. The number of nitrogens with two attached hydrogens (primary N) is 1. The van der Waals surface area contributed by atoms with Gasteiger partial charge in [-0.05, 0) is 59.0 Å². The molecule has 0 radical (unpaired) electrons. The lowest BCUT2D eigenvalue weighted by atomic mass is 10.3. The highest BCUT2D eigenvalue weighted by Gasteiger charge is 2.02. The van der Waals surface area contributed by atoms with Gasteiger partial charge in [0.25, 0.3) is 0 Å². The number of hydrogen-bond donors (Lipinski definition) is 2. The van der Waals surface area contributed by atoms with Crippen molar-refractivity contribution in [3.8, 4) is 5.75 Å². The summed E-state index contributed by atoms with van der Waals surface area (Å²) in [6, 6.07) is 8.22. The van der Waals surface area contributed by atoms with Crippen LogP contribution in [0.5, 0.6) is 5.75 Å². The van der Waals surface area contributed by atoms with E-state index in [9.17, 15) is 0 Å². The molecule has 118 valence electrons. The van der Waals surface area contributed by atoms with E-state index in [1.165, 1.54) is 0 Å². The number of nitrogens with zero attached hydrogens (tertiary/aromatic N) is 2. The topological polar surface area (TPSA) is 62.9 Å². The van der Waals surface area contributed by atoms with Gasteiger partial charge in [-0.2, -0.15) is 0 Å². The monoisotopic (exact) mass is 292 g/mol. The van der Waals surface area contributed by atoms with Gasteiger partial charge in [-0.3, -0.25) is 4.99 Å². The Bertz CT molecular complexity index is 440. The molecule has 1 aromatic rings. The molecule has 0 amide bonds. The molecule has 0 spiro atoms. The molecule has 0 bridgehead atoms. The predicted molar refractivity (Wildman–Crippen MR) is 90.1 cm³/mol. The van der Waals surface area contributed by atoms with Crippen LogP contribution >= 0.6 is 0 Å². The number of anilines is 1. The third-order valence-electron chi connectivity index (χ3n) is 3.11. The number of rotatable bonds is 7. The number of likely N-dealkylation sites (N-methyl/N-ethyl adjacent to an activating group) is 1. The van der Waals surface area contributed by atoms with Gasteiger partial charge in [0.2, 0.25) is 0 Å². The standard InChI is InChI=1S/C16H28N4O/c1-12(2)20(5)11-10-18-16(17)19-14-6-8-15(9-7-14)21-13(3)4/h6-9,12-13H,10-11H2,1-5H3,(H3,17,18,19). The average molecular weight is 292 g/mol. The van der Waals surface area contributed by atoms with Crippen LogP contribution in [0, 0.1) is 0 Å². The average Bonchev–Trinajstić information content (AvgIpc) is 2.40. The van der Waals surface area contributed by atoms with Crippen LogP contribution in [0.4, 0.5) is 5.69 Å². The van der Waals surface area contributed by atoms with E-state index in [2.05, 4.69) is 36.1 Å². The number of guanidine groups is 1. The van der Waals surface area contributed by atoms with Crippen molar-refractivity contribution in [3.05, 3.63) is 24.3 Å². The Morgan fingerprint density at radius 3 is 2.38 bits per heavy atom. The summed E-state index contributed by atoms with van der Waals surface area (Å²) in [4.78, 5) is 6.55. The second-order valence-corrected chi connectivity index (χ2v) is 5.66. The van der Waals surface area contributed by atoms with Crippen molar-refractivity contribution in [2.45, 2.75) is 39.8 Å². The number of aliphatic imine (C=N–C) groups is 1. The molecule has 0 aliphatic rings. The molecular formula is C16H28N4O. The van der Waals surface area contributed by atoms with Gasteiger partial charge in [0.1, 0.15) is 5.75 Å². The highest BCUT2D eigenvalue weighted by Crippen LogP contribution is 2.16. The van der Waals surface area contributed by atoms with E-state index >= 15 is 0 Å². The van der Waals surface area contributed by atoms with Crippen molar-refractivity contribution < 1.29 is 4.74 Å². The fourth-order valence-corrected chi connectivity index (χ4v) is 1.66. The fourth-order valence-electron chi connectivity index (χ4n) is 1.66. The number of nitrogens with one attached hydrogen (secondary N) is 1. The van der Waals surface area contributed by atoms with E-state index in [1.807, 2.05) is 38.1 Å². The molecule has 0 heterocycles. The molecule has 5 heteroatoms.